The van der Waals surface area contributed by atoms with E-state index < -0.39 is 0 Å². The van der Waals surface area contributed by atoms with E-state index in [1.807, 2.05) is 12.3 Å². The molecule has 5 heteroatoms. The molecule has 2 heterocycles. The van der Waals surface area contributed by atoms with E-state index in [2.05, 4.69) is 37.4 Å². The summed E-state index contributed by atoms with van der Waals surface area (Å²) in [5.74, 6) is 2.29. The molecular formula is C15H19BrClN3. The summed E-state index contributed by atoms with van der Waals surface area (Å²) in [5, 5.41) is 0. The lowest BCUT2D eigenvalue weighted by molar-refractivity contribution is 0.270. The third-order valence-corrected chi connectivity index (χ3v) is 5.12. The summed E-state index contributed by atoms with van der Waals surface area (Å²) in [6.07, 6.45) is 8.18. The van der Waals surface area contributed by atoms with Crippen LogP contribution in [0.5, 0.6) is 0 Å². The summed E-state index contributed by atoms with van der Waals surface area (Å²) in [7, 11) is 0. The first-order chi connectivity index (χ1) is 9.72. The number of halogens is 2. The number of nitrogens with zero attached hydrogens (tertiary/aromatic N) is 3. The number of pyridine rings is 1. The lowest BCUT2D eigenvalue weighted by atomic mass is 9.84. The fraction of sp³-hybridized carbons (Fsp3) is 0.600. The van der Waals surface area contributed by atoms with Crippen LogP contribution in [0.15, 0.2) is 16.7 Å². The van der Waals surface area contributed by atoms with Gasteiger partial charge in [-0.05, 0) is 53.6 Å². The molecule has 20 heavy (non-hydrogen) atoms. The summed E-state index contributed by atoms with van der Waals surface area (Å²) >= 11 is 9.55. The Morgan fingerprint density at radius 3 is 2.75 bits per heavy atom. The molecule has 2 aromatic rings. The van der Waals surface area contributed by atoms with Crippen LogP contribution in [-0.2, 0) is 5.88 Å². The first kappa shape index (κ1) is 14.3. The average Bonchev–Trinajstić information content (AvgIpc) is 2.84. The Labute approximate surface area is 132 Å². The number of aromatic nitrogens is 3. The molecule has 0 spiro atoms. The van der Waals surface area contributed by atoms with Gasteiger partial charge in [0.15, 0.2) is 5.65 Å². The van der Waals surface area contributed by atoms with Gasteiger partial charge in [0.2, 0.25) is 0 Å². The predicted octanol–water partition coefficient (Wildman–Crippen LogP) is 5.07. The van der Waals surface area contributed by atoms with Gasteiger partial charge in [-0.15, -0.1) is 11.6 Å². The molecule has 1 fully saturated rings. The first-order valence-corrected chi connectivity index (χ1v) is 8.64. The van der Waals surface area contributed by atoms with E-state index in [0.29, 0.717) is 11.9 Å². The first-order valence-electron chi connectivity index (χ1n) is 7.31. The van der Waals surface area contributed by atoms with E-state index in [1.54, 1.807) is 0 Å². The van der Waals surface area contributed by atoms with E-state index in [4.69, 9.17) is 11.6 Å². The van der Waals surface area contributed by atoms with Gasteiger partial charge in [0.1, 0.15) is 11.3 Å². The third-order valence-electron chi connectivity index (χ3n) is 4.45. The van der Waals surface area contributed by atoms with Gasteiger partial charge < -0.3 is 4.57 Å². The quantitative estimate of drug-likeness (QED) is 0.718. The highest BCUT2D eigenvalue weighted by Crippen LogP contribution is 2.36. The number of alkyl halides is 1. The van der Waals surface area contributed by atoms with Crippen LogP contribution < -0.4 is 0 Å². The maximum Gasteiger partial charge on any atom is 0.160 e. The standard InChI is InChI=1S/C15H19BrClN3/c1-2-10-3-5-12(6-4-10)20-14(8-17)19-13-7-11(16)9-18-15(13)20/h7,9-10,12H,2-6,8H2,1H3. The number of imidazole rings is 1. The highest BCUT2D eigenvalue weighted by Gasteiger charge is 2.25. The number of hydrogen-bond donors (Lipinski definition) is 0. The van der Waals surface area contributed by atoms with E-state index >= 15 is 0 Å². The zero-order valence-corrected chi connectivity index (χ0v) is 14.0. The molecule has 3 rings (SSSR count). The Kier molecular flexibility index (Phi) is 4.32. The summed E-state index contributed by atoms with van der Waals surface area (Å²) in [6.45, 7) is 2.29. The summed E-state index contributed by atoms with van der Waals surface area (Å²) < 4.78 is 3.24. The molecule has 3 nitrogen and oxygen atoms in total. The monoisotopic (exact) mass is 355 g/mol. The summed E-state index contributed by atoms with van der Waals surface area (Å²) in [4.78, 5) is 9.20. The molecule has 1 aliphatic carbocycles. The Morgan fingerprint density at radius 2 is 2.10 bits per heavy atom. The molecule has 108 valence electrons. The average molecular weight is 357 g/mol. The van der Waals surface area contributed by atoms with Crippen molar-refractivity contribution in [1.29, 1.82) is 0 Å². The zero-order valence-electron chi connectivity index (χ0n) is 11.6. The second kappa shape index (κ2) is 6.02. The SMILES string of the molecule is CCC1CCC(n2c(CCl)nc3cc(Br)cnc32)CC1. The molecule has 0 bridgehead atoms. The molecule has 0 aromatic carbocycles. The second-order valence-corrected chi connectivity index (χ2v) is 6.79. The van der Waals surface area contributed by atoms with E-state index in [9.17, 15) is 0 Å². The van der Waals surface area contributed by atoms with Gasteiger partial charge in [-0.2, -0.15) is 0 Å². The van der Waals surface area contributed by atoms with Gasteiger partial charge >= 0.3 is 0 Å². The van der Waals surface area contributed by atoms with Gasteiger partial charge in [0, 0.05) is 16.7 Å². The van der Waals surface area contributed by atoms with Crippen molar-refractivity contribution >= 4 is 38.7 Å². The van der Waals surface area contributed by atoms with Gasteiger partial charge in [-0.3, -0.25) is 0 Å². The van der Waals surface area contributed by atoms with Crippen LogP contribution in [0.4, 0.5) is 0 Å². The van der Waals surface area contributed by atoms with Crippen LogP contribution >= 0.6 is 27.5 Å². The van der Waals surface area contributed by atoms with Gasteiger partial charge in [-0.1, -0.05) is 13.3 Å². The second-order valence-electron chi connectivity index (χ2n) is 5.61. The van der Waals surface area contributed by atoms with E-state index in [-0.39, 0.29) is 0 Å². The van der Waals surface area contributed by atoms with Crippen LogP contribution in [0.25, 0.3) is 11.2 Å². The summed E-state index contributed by atoms with van der Waals surface area (Å²) in [6, 6.07) is 2.53. The molecule has 0 unspecified atom stereocenters. The van der Waals surface area contributed by atoms with Crippen LogP contribution in [0.2, 0.25) is 0 Å². The van der Waals surface area contributed by atoms with Crippen molar-refractivity contribution < 1.29 is 0 Å². The molecule has 0 atom stereocenters. The molecule has 2 aromatic heterocycles. The molecule has 0 amide bonds. The van der Waals surface area contributed by atoms with Gasteiger partial charge in [-0.25, -0.2) is 9.97 Å². The minimum atomic E-state index is 0.446. The van der Waals surface area contributed by atoms with Crippen molar-refractivity contribution in [1.82, 2.24) is 14.5 Å². The van der Waals surface area contributed by atoms with Crippen molar-refractivity contribution in [2.75, 3.05) is 0 Å². The lowest BCUT2D eigenvalue weighted by Crippen LogP contribution is -2.19. The van der Waals surface area contributed by atoms with Crippen molar-refractivity contribution in [3.8, 4) is 0 Å². The Hall–Kier alpha value is -0.610. The summed E-state index contributed by atoms with van der Waals surface area (Å²) in [5.41, 5.74) is 1.91. The number of fused-ring (bicyclic) bond motifs is 1. The van der Waals surface area contributed by atoms with E-state index in [1.165, 1.54) is 32.1 Å². The highest BCUT2D eigenvalue weighted by molar-refractivity contribution is 9.10. The van der Waals surface area contributed by atoms with Crippen molar-refractivity contribution in [2.24, 2.45) is 5.92 Å². The minimum absolute atomic E-state index is 0.446. The molecule has 1 saturated carbocycles. The number of rotatable bonds is 3. The Morgan fingerprint density at radius 1 is 1.35 bits per heavy atom. The highest BCUT2D eigenvalue weighted by atomic mass is 79.9. The lowest BCUT2D eigenvalue weighted by Gasteiger charge is -2.29. The van der Waals surface area contributed by atoms with Crippen molar-refractivity contribution in [2.45, 2.75) is 50.9 Å². The Balaban J connectivity index is 1.97. The van der Waals surface area contributed by atoms with Crippen LogP contribution in [-0.4, -0.2) is 14.5 Å². The van der Waals surface area contributed by atoms with Crippen LogP contribution in [0.3, 0.4) is 0 Å². The fourth-order valence-electron chi connectivity index (χ4n) is 3.29. The Bertz CT molecular complexity index is 602. The molecular weight excluding hydrogens is 338 g/mol. The molecule has 0 aliphatic heterocycles. The van der Waals surface area contributed by atoms with Gasteiger partial charge in [0.05, 0.1) is 5.88 Å². The van der Waals surface area contributed by atoms with Crippen LogP contribution in [0, 0.1) is 5.92 Å². The smallest absolute Gasteiger partial charge is 0.160 e. The maximum absolute atomic E-state index is 6.10. The van der Waals surface area contributed by atoms with E-state index in [0.717, 1.165) is 27.4 Å². The third kappa shape index (κ3) is 2.60. The van der Waals surface area contributed by atoms with Crippen molar-refractivity contribution in [3.05, 3.63) is 22.6 Å². The topological polar surface area (TPSA) is 30.7 Å². The molecule has 0 radical (unpaired) electrons. The molecule has 0 N–H and O–H groups in total. The largest absolute Gasteiger partial charge is 0.309 e. The molecule has 0 saturated heterocycles. The zero-order chi connectivity index (χ0) is 14.1. The van der Waals surface area contributed by atoms with Gasteiger partial charge in [0.25, 0.3) is 0 Å². The van der Waals surface area contributed by atoms with Crippen molar-refractivity contribution in [3.63, 3.8) is 0 Å². The fourth-order valence-corrected chi connectivity index (χ4v) is 3.80. The van der Waals surface area contributed by atoms with Crippen LogP contribution in [0.1, 0.15) is 50.9 Å². The minimum Gasteiger partial charge on any atom is -0.309 e. The normalized spacial score (nSPS) is 23.4. The number of hydrogen-bond acceptors (Lipinski definition) is 2. The molecule has 1 aliphatic rings. The maximum atomic E-state index is 6.10. The predicted molar refractivity (Wildman–Crippen MR) is 86.1 cm³/mol.